The van der Waals surface area contributed by atoms with Gasteiger partial charge in [0.25, 0.3) is 5.56 Å². The molecule has 3 aromatic rings. The second-order valence-corrected chi connectivity index (χ2v) is 7.87. The number of aryl methyl sites for hydroxylation is 3. The van der Waals surface area contributed by atoms with Gasteiger partial charge < -0.3 is 9.47 Å². The van der Waals surface area contributed by atoms with Crippen molar-refractivity contribution in [2.45, 2.75) is 25.7 Å². The van der Waals surface area contributed by atoms with Crippen molar-refractivity contribution in [2.24, 2.45) is 20.0 Å². The van der Waals surface area contributed by atoms with E-state index in [9.17, 15) is 9.59 Å². The van der Waals surface area contributed by atoms with Crippen LogP contribution in [0.5, 0.6) is 11.6 Å². The van der Waals surface area contributed by atoms with Crippen molar-refractivity contribution >= 4 is 5.78 Å². The number of Topliss-reactive ketones (excluding diaryl/α,β-unsaturated/α-hetero) is 1. The molecule has 1 fully saturated rings. The van der Waals surface area contributed by atoms with Crippen LogP contribution in [-0.2, 0) is 20.5 Å². The maximum absolute atomic E-state index is 12.7. The Morgan fingerprint density at radius 3 is 2.65 bits per heavy atom. The molecule has 0 saturated heterocycles. The monoisotopic (exact) mass is 423 g/mol. The summed E-state index contributed by atoms with van der Waals surface area (Å²) in [4.78, 5) is 29.6. The Bertz CT molecular complexity index is 1170. The lowest BCUT2D eigenvalue weighted by Gasteiger charge is -2.09. The first kappa shape index (κ1) is 20.8. The first-order chi connectivity index (χ1) is 14.9. The van der Waals surface area contributed by atoms with Gasteiger partial charge in [-0.3, -0.25) is 19.3 Å². The van der Waals surface area contributed by atoms with Crippen LogP contribution in [0.2, 0.25) is 0 Å². The number of ether oxygens (including phenoxy) is 2. The summed E-state index contributed by atoms with van der Waals surface area (Å²) in [7, 11) is 4.88. The van der Waals surface area contributed by atoms with Crippen molar-refractivity contribution in [2.75, 3.05) is 13.7 Å². The van der Waals surface area contributed by atoms with Gasteiger partial charge in [0.15, 0.2) is 5.78 Å². The Hall–Kier alpha value is -3.49. The van der Waals surface area contributed by atoms with Gasteiger partial charge in [-0.25, -0.2) is 4.68 Å². The summed E-state index contributed by atoms with van der Waals surface area (Å²) < 4.78 is 13.7. The van der Waals surface area contributed by atoms with Crippen LogP contribution in [0.4, 0.5) is 0 Å². The molecule has 9 heteroatoms. The Kier molecular flexibility index (Phi) is 5.58. The Morgan fingerprint density at radius 2 is 2.00 bits per heavy atom. The van der Waals surface area contributed by atoms with Gasteiger partial charge in [0.1, 0.15) is 11.4 Å². The molecule has 162 valence electrons. The second kappa shape index (κ2) is 8.33. The molecular formula is C22H25N5O4. The minimum Gasteiger partial charge on any atom is -0.495 e. The third-order valence-corrected chi connectivity index (χ3v) is 5.50. The van der Waals surface area contributed by atoms with Crippen molar-refractivity contribution in [3.63, 3.8) is 0 Å². The number of carbonyl (C=O) groups excluding carboxylic acids is 1. The minimum absolute atomic E-state index is 0.0354. The van der Waals surface area contributed by atoms with Gasteiger partial charge >= 0.3 is 0 Å². The van der Waals surface area contributed by atoms with Crippen LogP contribution in [-0.4, -0.2) is 44.0 Å². The quantitative estimate of drug-likeness (QED) is 0.510. The van der Waals surface area contributed by atoms with Crippen molar-refractivity contribution in [3.05, 3.63) is 63.5 Å². The summed E-state index contributed by atoms with van der Waals surface area (Å²) in [5.74, 6) is 1.56. The molecule has 0 amide bonds. The van der Waals surface area contributed by atoms with Gasteiger partial charge in [-0.15, -0.1) is 5.10 Å². The predicted octanol–water partition coefficient (Wildman–Crippen LogP) is 1.83. The van der Waals surface area contributed by atoms with Crippen LogP contribution in [0.3, 0.4) is 0 Å². The maximum atomic E-state index is 12.7. The molecule has 0 N–H and O–H groups in total. The molecule has 0 radical (unpaired) electrons. The number of hydrogen-bond acceptors (Lipinski definition) is 7. The van der Waals surface area contributed by atoms with E-state index in [0.29, 0.717) is 35.6 Å². The van der Waals surface area contributed by atoms with Gasteiger partial charge in [0.05, 0.1) is 25.6 Å². The van der Waals surface area contributed by atoms with Gasteiger partial charge in [-0.1, -0.05) is 0 Å². The predicted molar refractivity (Wildman–Crippen MR) is 113 cm³/mol. The molecule has 0 unspecified atom stereocenters. The Labute approximate surface area is 179 Å². The SMILES string of the molecule is COc1ccc([C@H]2C[C@@H]2COc2cc(CC(=O)c3cc(C)nn3C)c(=O)n(C)n2)nc1. The summed E-state index contributed by atoms with van der Waals surface area (Å²) in [6.45, 7) is 2.29. The molecule has 0 aromatic carbocycles. The highest BCUT2D eigenvalue weighted by Gasteiger charge is 2.40. The highest BCUT2D eigenvalue weighted by atomic mass is 16.5. The zero-order valence-corrected chi connectivity index (χ0v) is 18.0. The van der Waals surface area contributed by atoms with Crippen molar-refractivity contribution in [1.29, 1.82) is 0 Å². The van der Waals surface area contributed by atoms with E-state index < -0.39 is 0 Å². The molecular weight excluding hydrogens is 398 g/mol. The second-order valence-electron chi connectivity index (χ2n) is 7.87. The molecule has 0 aliphatic heterocycles. The highest BCUT2D eigenvalue weighted by Crippen LogP contribution is 2.46. The van der Waals surface area contributed by atoms with Crippen molar-refractivity contribution < 1.29 is 14.3 Å². The van der Waals surface area contributed by atoms with E-state index in [0.717, 1.165) is 23.6 Å². The van der Waals surface area contributed by atoms with E-state index in [1.165, 1.54) is 9.36 Å². The molecule has 1 aliphatic rings. The zero-order valence-electron chi connectivity index (χ0n) is 18.0. The molecule has 0 bridgehead atoms. The van der Waals surface area contributed by atoms with E-state index in [2.05, 4.69) is 15.2 Å². The number of aromatic nitrogens is 5. The van der Waals surface area contributed by atoms with Crippen LogP contribution in [0.15, 0.2) is 35.3 Å². The zero-order chi connectivity index (χ0) is 22.1. The van der Waals surface area contributed by atoms with Crippen LogP contribution in [0.25, 0.3) is 0 Å². The van der Waals surface area contributed by atoms with Gasteiger partial charge in [0.2, 0.25) is 5.88 Å². The average Bonchev–Trinajstić information content (AvgIpc) is 3.45. The Morgan fingerprint density at radius 1 is 1.19 bits per heavy atom. The fraction of sp³-hybridized carbons (Fsp3) is 0.409. The summed E-state index contributed by atoms with van der Waals surface area (Å²) in [6, 6.07) is 7.15. The topological polar surface area (TPSA) is 101 Å². The van der Waals surface area contributed by atoms with E-state index in [1.807, 2.05) is 19.1 Å². The average molecular weight is 423 g/mol. The number of rotatable bonds is 8. The fourth-order valence-electron chi connectivity index (χ4n) is 3.69. The number of nitrogens with zero attached hydrogens (tertiary/aromatic N) is 5. The number of methoxy groups -OCH3 is 1. The van der Waals surface area contributed by atoms with E-state index >= 15 is 0 Å². The van der Waals surface area contributed by atoms with Crippen LogP contribution in [0, 0.1) is 12.8 Å². The largest absolute Gasteiger partial charge is 0.495 e. The molecule has 3 heterocycles. The molecule has 2 atom stereocenters. The van der Waals surface area contributed by atoms with Gasteiger partial charge in [-0.2, -0.15) is 5.10 Å². The van der Waals surface area contributed by atoms with Crippen LogP contribution in [0.1, 0.15) is 39.8 Å². The molecule has 1 saturated carbocycles. The summed E-state index contributed by atoms with van der Waals surface area (Å²) >= 11 is 0. The summed E-state index contributed by atoms with van der Waals surface area (Å²) in [6.07, 6.45) is 2.66. The third-order valence-electron chi connectivity index (χ3n) is 5.50. The standard InChI is InChI=1S/C22H25N5O4/c1-13-7-19(26(2)24-13)20(28)9-14-10-21(25-27(3)22(14)29)31-12-15-8-17(15)18-6-5-16(30-4)11-23-18/h5-7,10-11,15,17H,8-9,12H2,1-4H3/t15-,17+/m1/s1. The molecule has 31 heavy (non-hydrogen) atoms. The lowest BCUT2D eigenvalue weighted by molar-refractivity contribution is 0.0983. The first-order valence-electron chi connectivity index (χ1n) is 10.1. The lowest BCUT2D eigenvalue weighted by atomic mass is 10.1. The number of pyridine rings is 1. The van der Waals surface area contributed by atoms with Crippen LogP contribution >= 0.6 is 0 Å². The number of carbonyl (C=O) groups is 1. The molecule has 1 aliphatic carbocycles. The fourth-order valence-corrected chi connectivity index (χ4v) is 3.69. The van der Waals surface area contributed by atoms with Crippen molar-refractivity contribution in [1.82, 2.24) is 24.5 Å². The van der Waals surface area contributed by atoms with Gasteiger partial charge in [-0.05, 0) is 31.5 Å². The first-order valence-corrected chi connectivity index (χ1v) is 10.1. The summed E-state index contributed by atoms with van der Waals surface area (Å²) in [5, 5.41) is 8.37. The number of ketones is 1. The molecule has 4 rings (SSSR count). The number of hydrogen-bond donors (Lipinski definition) is 0. The maximum Gasteiger partial charge on any atom is 0.270 e. The summed E-state index contributed by atoms with van der Waals surface area (Å²) in [5.41, 5.74) is 2.27. The Balaban J connectivity index is 1.41. The smallest absolute Gasteiger partial charge is 0.270 e. The van der Waals surface area contributed by atoms with Crippen LogP contribution < -0.4 is 15.0 Å². The molecule has 0 spiro atoms. The van der Waals surface area contributed by atoms with E-state index in [1.54, 1.807) is 39.5 Å². The minimum atomic E-state index is -0.314. The lowest BCUT2D eigenvalue weighted by Crippen LogP contribution is -2.26. The molecule has 9 nitrogen and oxygen atoms in total. The highest BCUT2D eigenvalue weighted by molar-refractivity contribution is 5.96. The molecule has 3 aromatic heterocycles. The van der Waals surface area contributed by atoms with E-state index in [4.69, 9.17) is 9.47 Å². The normalized spacial score (nSPS) is 17.4. The van der Waals surface area contributed by atoms with E-state index in [-0.39, 0.29) is 17.8 Å². The third kappa shape index (κ3) is 4.50. The van der Waals surface area contributed by atoms with Crippen molar-refractivity contribution in [3.8, 4) is 11.6 Å². The van der Waals surface area contributed by atoms with Gasteiger partial charge in [0, 0.05) is 49.7 Å².